The number of H-pyrrole nitrogens is 1. The zero-order valence-corrected chi connectivity index (χ0v) is 22.0. The van der Waals surface area contributed by atoms with Crippen LogP contribution in [-0.4, -0.2) is 19.9 Å². The Labute approximate surface area is 222 Å². The first-order chi connectivity index (χ1) is 18.2. The lowest BCUT2D eigenvalue weighted by Crippen LogP contribution is -2.31. The Bertz CT molecular complexity index is 1410. The number of nitrogens with zero attached hydrogens (tertiary/aromatic N) is 3. The summed E-state index contributed by atoms with van der Waals surface area (Å²) in [6.07, 6.45) is 5.36. The predicted octanol–water partition coefficient (Wildman–Crippen LogP) is 6.95. The van der Waals surface area contributed by atoms with Gasteiger partial charge in [-0.15, -0.1) is 11.3 Å². The molecule has 0 aliphatic heterocycles. The van der Waals surface area contributed by atoms with Gasteiger partial charge in [-0.05, 0) is 72.5 Å². The Morgan fingerprint density at radius 1 is 1.00 bits per heavy atom. The fourth-order valence-electron chi connectivity index (χ4n) is 5.40. The van der Waals surface area contributed by atoms with E-state index in [1.165, 1.54) is 33.7 Å². The third-order valence-electron chi connectivity index (χ3n) is 7.39. The van der Waals surface area contributed by atoms with Crippen molar-refractivity contribution in [1.29, 1.82) is 0 Å². The summed E-state index contributed by atoms with van der Waals surface area (Å²) in [5.41, 5.74) is 7.35. The third-order valence-corrected chi connectivity index (χ3v) is 8.44. The molecule has 0 saturated heterocycles. The summed E-state index contributed by atoms with van der Waals surface area (Å²) in [5, 5.41) is 5.79. The minimum atomic E-state index is 0.283. The topological polar surface area (TPSA) is 56.8 Å². The highest BCUT2D eigenvalue weighted by Crippen LogP contribution is 2.34. The predicted molar refractivity (Wildman–Crippen MR) is 151 cm³/mol. The lowest BCUT2D eigenvalue weighted by atomic mass is 9.90. The SMILES string of the molecule is CC(NCc1ccc(CN(Cc2nc3ccccc3[nH]2)C2CCCc3cccnc32)cc1)c1cccs1. The molecule has 6 heteroatoms. The van der Waals surface area contributed by atoms with Gasteiger partial charge >= 0.3 is 0 Å². The lowest BCUT2D eigenvalue weighted by Gasteiger charge is -2.34. The third kappa shape index (κ3) is 5.52. The summed E-state index contributed by atoms with van der Waals surface area (Å²) in [7, 11) is 0. The number of benzene rings is 2. The van der Waals surface area contributed by atoms with Crippen LogP contribution < -0.4 is 5.32 Å². The number of pyridine rings is 1. The normalized spacial score (nSPS) is 16.2. The van der Waals surface area contributed by atoms with E-state index in [0.29, 0.717) is 6.04 Å². The zero-order chi connectivity index (χ0) is 25.0. The summed E-state index contributed by atoms with van der Waals surface area (Å²) in [6, 6.07) is 26.6. The van der Waals surface area contributed by atoms with Crippen molar-refractivity contribution in [3.63, 3.8) is 0 Å². The Kier molecular flexibility index (Phi) is 7.13. The maximum atomic E-state index is 4.90. The Balaban J connectivity index is 1.21. The summed E-state index contributed by atoms with van der Waals surface area (Å²) in [4.78, 5) is 17.2. The van der Waals surface area contributed by atoms with Crippen molar-refractivity contribution in [2.75, 3.05) is 0 Å². The van der Waals surface area contributed by atoms with Gasteiger partial charge in [-0.2, -0.15) is 0 Å². The first-order valence-corrected chi connectivity index (χ1v) is 14.1. The van der Waals surface area contributed by atoms with Crippen LogP contribution in [0.3, 0.4) is 0 Å². The number of hydrogen-bond acceptors (Lipinski definition) is 5. The number of hydrogen-bond donors (Lipinski definition) is 2. The maximum Gasteiger partial charge on any atom is 0.121 e. The fourth-order valence-corrected chi connectivity index (χ4v) is 6.15. The molecule has 188 valence electrons. The average Bonchev–Trinajstić information content (AvgIpc) is 3.62. The number of aromatic nitrogens is 3. The number of fused-ring (bicyclic) bond motifs is 2. The second-order valence-corrected chi connectivity index (χ2v) is 11.0. The number of thiophene rings is 1. The molecule has 0 bridgehead atoms. The molecule has 5 nitrogen and oxygen atoms in total. The molecule has 1 aliphatic carbocycles. The van der Waals surface area contributed by atoms with Gasteiger partial charge < -0.3 is 10.3 Å². The largest absolute Gasteiger partial charge is 0.341 e. The number of rotatable bonds is 9. The van der Waals surface area contributed by atoms with Crippen molar-refractivity contribution in [3.8, 4) is 0 Å². The molecular weight excluding hydrogens is 474 g/mol. The van der Waals surface area contributed by atoms with Gasteiger partial charge in [0.25, 0.3) is 0 Å². The van der Waals surface area contributed by atoms with Crippen LogP contribution in [0.4, 0.5) is 0 Å². The summed E-state index contributed by atoms with van der Waals surface area (Å²) >= 11 is 1.81. The molecular formula is C31H33N5S. The molecule has 0 spiro atoms. The molecule has 2 unspecified atom stereocenters. The van der Waals surface area contributed by atoms with Gasteiger partial charge in [0.05, 0.1) is 29.3 Å². The maximum absolute atomic E-state index is 4.90. The molecule has 2 atom stereocenters. The van der Waals surface area contributed by atoms with E-state index in [4.69, 9.17) is 9.97 Å². The minimum absolute atomic E-state index is 0.283. The van der Waals surface area contributed by atoms with E-state index in [9.17, 15) is 0 Å². The highest BCUT2D eigenvalue weighted by molar-refractivity contribution is 7.10. The standard InChI is InChI=1S/C31H33N5S/c1-22(29-12-6-18-37-29)33-19-23-13-15-24(16-14-23)20-36(21-30-34-26-9-2-3-10-27(26)35-30)28-11-4-7-25-8-5-17-32-31(25)28/h2-3,5-6,8-10,12-18,22,28,33H,4,7,11,19-21H2,1H3,(H,34,35). The van der Waals surface area contributed by atoms with Crippen LogP contribution in [0.2, 0.25) is 0 Å². The summed E-state index contributed by atoms with van der Waals surface area (Å²) < 4.78 is 0. The Hall–Kier alpha value is -3.32. The summed E-state index contributed by atoms with van der Waals surface area (Å²) in [5.74, 6) is 1.01. The second kappa shape index (κ2) is 11.0. The van der Waals surface area contributed by atoms with Gasteiger partial charge in [0.2, 0.25) is 0 Å². The molecule has 5 aromatic rings. The average molecular weight is 508 g/mol. The molecule has 37 heavy (non-hydrogen) atoms. The first-order valence-electron chi connectivity index (χ1n) is 13.2. The monoisotopic (exact) mass is 507 g/mol. The highest BCUT2D eigenvalue weighted by Gasteiger charge is 2.28. The molecule has 0 radical (unpaired) electrons. The number of aryl methyl sites for hydroxylation is 1. The van der Waals surface area contributed by atoms with Crippen molar-refractivity contribution >= 4 is 22.4 Å². The molecule has 0 amide bonds. The van der Waals surface area contributed by atoms with E-state index in [2.05, 4.69) is 94.2 Å². The van der Waals surface area contributed by atoms with Crippen LogP contribution in [0.1, 0.15) is 64.9 Å². The number of imidazole rings is 1. The molecule has 6 rings (SSSR count). The zero-order valence-electron chi connectivity index (χ0n) is 21.2. The number of nitrogens with one attached hydrogen (secondary N) is 2. The molecule has 2 aromatic carbocycles. The molecule has 0 saturated carbocycles. The van der Waals surface area contributed by atoms with Gasteiger partial charge in [0.15, 0.2) is 0 Å². The fraction of sp³-hybridized carbons (Fsp3) is 0.290. The number of aromatic amines is 1. The minimum Gasteiger partial charge on any atom is -0.341 e. The molecule has 3 heterocycles. The van der Waals surface area contributed by atoms with Gasteiger partial charge in [-0.3, -0.25) is 9.88 Å². The van der Waals surface area contributed by atoms with E-state index in [0.717, 1.165) is 49.3 Å². The quantitative estimate of drug-likeness (QED) is 0.227. The van der Waals surface area contributed by atoms with E-state index >= 15 is 0 Å². The van der Waals surface area contributed by atoms with Crippen LogP contribution >= 0.6 is 11.3 Å². The second-order valence-electron chi connectivity index (χ2n) is 10.00. The molecule has 3 aromatic heterocycles. The van der Waals surface area contributed by atoms with Crippen LogP contribution in [-0.2, 0) is 26.1 Å². The van der Waals surface area contributed by atoms with E-state index in [1.807, 2.05) is 12.3 Å². The van der Waals surface area contributed by atoms with E-state index in [-0.39, 0.29) is 6.04 Å². The van der Waals surface area contributed by atoms with Gasteiger partial charge in [-0.25, -0.2) is 4.98 Å². The smallest absolute Gasteiger partial charge is 0.121 e. The van der Waals surface area contributed by atoms with Crippen molar-refractivity contribution in [2.45, 2.75) is 57.9 Å². The van der Waals surface area contributed by atoms with Crippen LogP contribution in [0.5, 0.6) is 0 Å². The number of para-hydroxylation sites is 2. The van der Waals surface area contributed by atoms with Crippen molar-refractivity contribution < 1.29 is 0 Å². The van der Waals surface area contributed by atoms with E-state index in [1.54, 1.807) is 11.3 Å². The van der Waals surface area contributed by atoms with Crippen LogP contribution in [0, 0.1) is 0 Å². The molecule has 2 N–H and O–H groups in total. The molecule has 1 aliphatic rings. The highest BCUT2D eigenvalue weighted by atomic mass is 32.1. The van der Waals surface area contributed by atoms with Crippen LogP contribution in [0.15, 0.2) is 84.4 Å². The van der Waals surface area contributed by atoms with E-state index < -0.39 is 0 Å². The van der Waals surface area contributed by atoms with Crippen molar-refractivity contribution in [2.24, 2.45) is 0 Å². The van der Waals surface area contributed by atoms with Gasteiger partial charge in [0.1, 0.15) is 5.82 Å². The van der Waals surface area contributed by atoms with Gasteiger partial charge in [0, 0.05) is 30.2 Å². The van der Waals surface area contributed by atoms with Crippen molar-refractivity contribution in [1.82, 2.24) is 25.2 Å². The Morgan fingerprint density at radius 2 is 1.86 bits per heavy atom. The lowest BCUT2D eigenvalue weighted by molar-refractivity contribution is 0.153. The summed E-state index contributed by atoms with van der Waals surface area (Å²) in [6.45, 7) is 4.71. The van der Waals surface area contributed by atoms with Crippen molar-refractivity contribution in [3.05, 3.63) is 117 Å². The van der Waals surface area contributed by atoms with Gasteiger partial charge in [-0.1, -0.05) is 48.5 Å². The Morgan fingerprint density at radius 3 is 2.70 bits per heavy atom. The first kappa shape index (κ1) is 24.0. The molecule has 0 fully saturated rings. The van der Waals surface area contributed by atoms with Crippen LogP contribution in [0.25, 0.3) is 11.0 Å².